The second-order valence-corrected chi connectivity index (χ2v) is 3.45. The van der Waals surface area contributed by atoms with E-state index in [-0.39, 0.29) is 0 Å². The fourth-order valence-electron chi connectivity index (χ4n) is 1.03. The zero-order valence-electron chi connectivity index (χ0n) is 7.99. The van der Waals surface area contributed by atoms with Crippen LogP contribution in [0, 0.1) is 0 Å². The number of hydrogen-bond acceptors (Lipinski definition) is 5. The van der Waals surface area contributed by atoms with Crippen LogP contribution in [0.25, 0.3) is 0 Å². The van der Waals surface area contributed by atoms with E-state index in [9.17, 15) is 0 Å². The Morgan fingerprint density at radius 2 is 2.54 bits per heavy atom. The fourth-order valence-corrected chi connectivity index (χ4v) is 1.48. The molecule has 0 saturated heterocycles. The number of nitrogens with one attached hydrogen (secondary N) is 1. The van der Waals surface area contributed by atoms with Crippen molar-refractivity contribution in [3.8, 4) is 0 Å². The quantitative estimate of drug-likeness (QED) is 0.747. The van der Waals surface area contributed by atoms with Gasteiger partial charge in [-0.15, -0.1) is 5.10 Å². The minimum Gasteiger partial charge on any atom is -0.383 e. The van der Waals surface area contributed by atoms with Crippen molar-refractivity contribution in [3.05, 3.63) is 11.1 Å². The summed E-state index contributed by atoms with van der Waals surface area (Å²) in [4.78, 5) is 0. The molecule has 13 heavy (non-hydrogen) atoms. The van der Waals surface area contributed by atoms with Crippen LogP contribution in [-0.4, -0.2) is 29.3 Å². The van der Waals surface area contributed by atoms with Crippen molar-refractivity contribution in [3.63, 3.8) is 0 Å². The van der Waals surface area contributed by atoms with Gasteiger partial charge in [0, 0.05) is 25.1 Å². The van der Waals surface area contributed by atoms with Crippen molar-refractivity contribution in [2.45, 2.75) is 25.9 Å². The van der Waals surface area contributed by atoms with E-state index in [0.717, 1.165) is 25.3 Å². The molecular weight excluding hydrogens is 186 g/mol. The smallest absolute Gasteiger partial charge is 0.0893 e. The van der Waals surface area contributed by atoms with Crippen LogP contribution in [0.2, 0.25) is 0 Å². The molecular formula is C8H15N3OS. The second kappa shape index (κ2) is 6.01. The summed E-state index contributed by atoms with van der Waals surface area (Å²) in [5, 5.41) is 9.25. The molecule has 0 aromatic carbocycles. The van der Waals surface area contributed by atoms with E-state index in [4.69, 9.17) is 4.74 Å². The van der Waals surface area contributed by atoms with Crippen LogP contribution in [0.15, 0.2) is 5.38 Å². The summed E-state index contributed by atoms with van der Waals surface area (Å²) in [5.41, 5.74) is 1.000. The molecule has 5 heteroatoms. The van der Waals surface area contributed by atoms with Gasteiger partial charge in [0.05, 0.1) is 12.3 Å². The summed E-state index contributed by atoms with van der Waals surface area (Å²) < 4.78 is 8.86. The molecule has 0 unspecified atom stereocenters. The molecule has 0 bridgehead atoms. The maximum Gasteiger partial charge on any atom is 0.0893 e. The summed E-state index contributed by atoms with van der Waals surface area (Å²) in [6, 6.07) is 0.409. The highest BCUT2D eigenvalue weighted by molar-refractivity contribution is 7.03. The Kier molecular flexibility index (Phi) is 4.88. The third-order valence-electron chi connectivity index (χ3n) is 1.84. The summed E-state index contributed by atoms with van der Waals surface area (Å²) in [6.07, 6.45) is 1.06. The summed E-state index contributed by atoms with van der Waals surface area (Å²) in [5.74, 6) is 0. The molecule has 0 fully saturated rings. The lowest BCUT2D eigenvalue weighted by Crippen LogP contribution is -2.32. The molecule has 1 aromatic rings. The van der Waals surface area contributed by atoms with Gasteiger partial charge in [-0.25, -0.2) is 0 Å². The molecule has 1 heterocycles. The predicted molar refractivity (Wildman–Crippen MR) is 52.7 cm³/mol. The van der Waals surface area contributed by atoms with Crippen LogP contribution >= 0.6 is 11.5 Å². The highest BCUT2D eigenvalue weighted by atomic mass is 32.1. The molecule has 0 amide bonds. The number of rotatable bonds is 6. The first-order valence-corrected chi connectivity index (χ1v) is 5.18. The van der Waals surface area contributed by atoms with E-state index < -0.39 is 0 Å². The van der Waals surface area contributed by atoms with Crippen LogP contribution in [0.1, 0.15) is 19.0 Å². The van der Waals surface area contributed by atoms with Crippen molar-refractivity contribution in [1.82, 2.24) is 14.9 Å². The number of hydrogen-bond donors (Lipinski definition) is 1. The Labute approximate surface area is 82.5 Å². The van der Waals surface area contributed by atoms with Crippen LogP contribution < -0.4 is 5.32 Å². The maximum atomic E-state index is 5.07. The second-order valence-electron chi connectivity index (χ2n) is 2.84. The standard InChI is InChI=1S/C8H15N3OS/c1-3-7(5-12-2)9-4-8-6-13-11-10-8/h6-7,9H,3-5H2,1-2H3/t7-/m1/s1. The Morgan fingerprint density at radius 3 is 3.08 bits per heavy atom. The minimum atomic E-state index is 0.409. The molecule has 4 nitrogen and oxygen atoms in total. The van der Waals surface area contributed by atoms with Gasteiger partial charge in [-0.2, -0.15) is 0 Å². The Bertz CT molecular complexity index is 215. The first-order chi connectivity index (χ1) is 6.36. The fraction of sp³-hybridized carbons (Fsp3) is 0.750. The highest BCUT2D eigenvalue weighted by Gasteiger charge is 2.05. The number of nitrogens with zero attached hydrogens (tertiary/aromatic N) is 2. The molecule has 0 aliphatic carbocycles. The first-order valence-electron chi connectivity index (χ1n) is 4.35. The average Bonchev–Trinajstić information content (AvgIpc) is 2.64. The molecule has 0 aliphatic heterocycles. The normalized spacial score (nSPS) is 13.1. The van der Waals surface area contributed by atoms with Crippen LogP contribution in [0.3, 0.4) is 0 Å². The Morgan fingerprint density at radius 1 is 1.69 bits per heavy atom. The summed E-state index contributed by atoms with van der Waals surface area (Å²) >= 11 is 1.38. The van der Waals surface area contributed by atoms with Crippen molar-refractivity contribution in [2.24, 2.45) is 0 Å². The third kappa shape index (κ3) is 3.80. The van der Waals surface area contributed by atoms with E-state index in [1.807, 2.05) is 5.38 Å². The van der Waals surface area contributed by atoms with Gasteiger partial charge >= 0.3 is 0 Å². The van der Waals surface area contributed by atoms with E-state index in [0.29, 0.717) is 6.04 Å². The van der Waals surface area contributed by atoms with Gasteiger partial charge in [-0.05, 0) is 18.0 Å². The Hall–Kier alpha value is -0.520. The molecule has 0 saturated carbocycles. The van der Waals surface area contributed by atoms with Gasteiger partial charge in [-0.1, -0.05) is 11.4 Å². The maximum absolute atomic E-state index is 5.07. The molecule has 1 rings (SSSR count). The molecule has 0 spiro atoms. The van der Waals surface area contributed by atoms with Gasteiger partial charge in [0.25, 0.3) is 0 Å². The van der Waals surface area contributed by atoms with E-state index in [2.05, 4.69) is 21.8 Å². The van der Waals surface area contributed by atoms with Crippen molar-refractivity contribution in [2.75, 3.05) is 13.7 Å². The number of aromatic nitrogens is 2. The lowest BCUT2D eigenvalue weighted by Gasteiger charge is -2.14. The molecule has 74 valence electrons. The number of methoxy groups -OCH3 is 1. The summed E-state index contributed by atoms with van der Waals surface area (Å²) in [7, 11) is 1.72. The lowest BCUT2D eigenvalue weighted by atomic mass is 10.2. The van der Waals surface area contributed by atoms with Crippen molar-refractivity contribution in [1.29, 1.82) is 0 Å². The first kappa shape index (κ1) is 10.6. The molecule has 0 radical (unpaired) electrons. The van der Waals surface area contributed by atoms with Crippen molar-refractivity contribution >= 4 is 11.5 Å². The lowest BCUT2D eigenvalue weighted by molar-refractivity contribution is 0.163. The van der Waals surface area contributed by atoms with Crippen LogP contribution in [0.4, 0.5) is 0 Å². The van der Waals surface area contributed by atoms with E-state index in [1.165, 1.54) is 11.5 Å². The Balaban J connectivity index is 2.23. The molecule has 1 aromatic heterocycles. The monoisotopic (exact) mass is 201 g/mol. The van der Waals surface area contributed by atoms with Gasteiger partial charge in [-0.3, -0.25) is 0 Å². The molecule has 0 aliphatic rings. The van der Waals surface area contributed by atoms with Gasteiger partial charge in [0.1, 0.15) is 0 Å². The predicted octanol–water partition coefficient (Wildman–Crippen LogP) is 1.05. The zero-order valence-corrected chi connectivity index (χ0v) is 8.80. The van der Waals surface area contributed by atoms with Gasteiger partial charge in [0.2, 0.25) is 0 Å². The largest absolute Gasteiger partial charge is 0.383 e. The minimum absolute atomic E-state index is 0.409. The van der Waals surface area contributed by atoms with Gasteiger partial charge in [0.15, 0.2) is 0 Å². The van der Waals surface area contributed by atoms with Crippen molar-refractivity contribution < 1.29 is 4.74 Å². The van der Waals surface area contributed by atoms with Crippen LogP contribution in [0.5, 0.6) is 0 Å². The highest BCUT2D eigenvalue weighted by Crippen LogP contribution is 1.98. The SMILES string of the molecule is CC[C@H](COC)NCc1csnn1. The topological polar surface area (TPSA) is 47.0 Å². The molecule has 1 atom stereocenters. The summed E-state index contributed by atoms with van der Waals surface area (Å²) in [6.45, 7) is 3.66. The van der Waals surface area contributed by atoms with Crippen LogP contribution in [-0.2, 0) is 11.3 Å². The van der Waals surface area contributed by atoms with Gasteiger partial charge < -0.3 is 10.1 Å². The zero-order chi connectivity index (χ0) is 9.52. The third-order valence-corrected chi connectivity index (χ3v) is 2.39. The average molecular weight is 201 g/mol. The number of ether oxygens (including phenoxy) is 1. The van der Waals surface area contributed by atoms with E-state index in [1.54, 1.807) is 7.11 Å². The van der Waals surface area contributed by atoms with E-state index >= 15 is 0 Å². The molecule has 1 N–H and O–H groups in total.